The van der Waals surface area contributed by atoms with E-state index in [-0.39, 0.29) is 11.7 Å². The van der Waals surface area contributed by atoms with E-state index in [4.69, 9.17) is 11.6 Å². The second-order valence-corrected chi connectivity index (χ2v) is 9.19. The maximum atomic E-state index is 12.6. The summed E-state index contributed by atoms with van der Waals surface area (Å²) in [5.74, 6) is -0.0430. The number of hydrogen-bond acceptors (Lipinski definition) is 4. The Kier molecular flexibility index (Phi) is 7.07. The van der Waals surface area contributed by atoms with Gasteiger partial charge in [0, 0.05) is 49.9 Å². The number of nitrogens with zero attached hydrogens (tertiary/aromatic N) is 2. The molecule has 1 heterocycles. The summed E-state index contributed by atoms with van der Waals surface area (Å²) in [6.45, 7) is 2.76. The molecule has 1 fully saturated rings. The summed E-state index contributed by atoms with van der Waals surface area (Å²) >= 11 is 5.83. The molecule has 2 aromatic carbocycles. The summed E-state index contributed by atoms with van der Waals surface area (Å²) in [5, 5.41) is 3.46. The molecule has 1 saturated heterocycles. The lowest BCUT2D eigenvalue weighted by molar-refractivity contribution is -0.116. The van der Waals surface area contributed by atoms with Crippen LogP contribution in [-0.2, 0) is 20.6 Å². The number of carbonyl (C=O) groups is 1. The first kappa shape index (κ1) is 20.8. The van der Waals surface area contributed by atoms with Crippen molar-refractivity contribution in [1.29, 1.82) is 0 Å². The van der Waals surface area contributed by atoms with Gasteiger partial charge in [0.05, 0.1) is 5.75 Å². The van der Waals surface area contributed by atoms with Crippen LogP contribution in [0.3, 0.4) is 0 Å². The van der Waals surface area contributed by atoms with Crippen molar-refractivity contribution >= 4 is 33.2 Å². The minimum Gasteiger partial charge on any atom is -0.326 e. The molecule has 0 bridgehead atoms. The van der Waals surface area contributed by atoms with Crippen LogP contribution < -0.4 is 5.32 Å². The Hall–Kier alpha value is -1.93. The van der Waals surface area contributed by atoms with Crippen molar-refractivity contribution < 1.29 is 13.2 Å². The lowest BCUT2D eigenvalue weighted by Gasteiger charge is -2.33. The molecule has 6 nitrogen and oxygen atoms in total. The van der Waals surface area contributed by atoms with Crippen LogP contribution in [-0.4, -0.2) is 56.3 Å². The van der Waals surface area contributed by atoms with E-state index in [2.05, 4.69) is 10.2 Å². The molecular formula is C20H24ClN3O3S. The first-order chi connectivity index (χ1) is 13.4. The highest BCUT2D eigenvalue weighted by Crippen LogP contribution is 2.15. The van der Waals surface area contributed by atoms with Crippen LogP contribution in [0.25, 0.3) is 0 Å². The van der Waals surface area contributed by atoms with E-state index in [0.29, 0.717) is 49.9 Å². The fourth-order valence-electron chi connectivity index (χ4n) is 3.12. The zero-order valence-electron chi connectivity index (χ0n) is 15.6. The molecule has 1 aliphatic rings. The van der Waals surface area contributed by atoms with E-state index in [1.54, 1.807) is 28.6 Å². The Morgan fingerprint density at radius 1 is 0.964 bits per heavy atom. The molecule has 0 saturated carbocycles. The fourth-order valence-corrected chi connectivity index (χ4v) is 4.77. The largest absolute Gasteiger partial charge is 0.326 e. The quantitative estimate of drug-likeness (QED) is 0.746. The number of halogens is 1. The molecule has 1 aliphatic heterocycles. The maximum Gasteiger partial charge on any atom is 0.225 e. The van der Waals surface area contributed by atoms with Gasteiger partial charge in [-0.1, -0.05) is 41.9 Å². The molecule has 0 aromatic heterocycles. The molecule has 8 heteroatoms. The molecule has 28 heavy (non-hydrogen) atoms. The SMILES string of the molecule is O=C(CCN1CCN(S(=O)(=O)Cc2ccccc2)CC1)Nc1ccc(Cl)cc1. The van der Waals surface area contributed by atoms with Crippen LogP contribution in [0.1, 0.15) is 12.0 Å². The molecule has 0 spiro atoms. The van der Waals surface area contributed by atoms with Gasteiger partial charge in [0.1, 0.15) is 0 Å². The summed E-state index contributed by atoms with van der Waals surface area (Å²) in [5.41, 5.74) is 1.51. The van der Waals surface area contributed by atoms with E-state index in [1.165, 1.54) is 0 Å². The highest BCUT2D eigenvalue weighted by molar-refractivity contribution is 7.88. The lowest BCUT2D eigenvalue weighted by atomic mass is 10.2. The van der Waals surface area contributed by atoms with Gasteiger partial charge >= 0.3 is 0 Å². The minimum absolute atomic E-state index is 0.0251. The number of benzene rings is 2. The van der Waals surface area contributed by atoms with Crippen molar-refractivity contribution in [3.05, 3.63) is 65.2 Å². The Labute approximate surface area is 171 Å². The zero-order chi connectivity index (χ0) is 20.0. The van der Waals surface area contributed by atoms with Gasteiger partial charge in [-0.05, 0) is 29.8 Å². The summed E-state index contributed by atoms with van der Waals surface area (Å²) in [7, 11) is -3.32. The summed E-state index contributed by atoms with van der Waals surface area (Å²) < 4.78 is 26.7. The van der Waals surface area contributed by atoms with Crippen LogP contribution in [0.2, 0.25) is 5.02 Å². The second kappa shape index (κ2) is 9.52. The van der Waals surface area contributed by atoms with Gasteiger partial charge < -0.3 is 10.2 Å². The molecule has 0 aliphatic carbocycles. The smallest absolute Gasteiger partial charge is 0.225 e. The molecule has 1 N–H and O–H groups in total. The summed E-state index contributed by atoms with van der Waals surface area (Å²) in [4.78, 5) is 14.2. The van der Waals surface area contributed by atoms with E-state index in [1.807, 2.05) is 30.3 Å². The van der Waals surface area contributed by atoms with Crippen molar-refractivity contribution in [2.45, 2.75) is 12.2 Å². The molecule has 0 atom stereocenters. The van der Waals surface area contributed by atoms with Gasteiger partial charge in [0.15, 0.2) is 0 Å². The van der Waals surface area contributed by atoms with Crippen molar-refractivity contribution in [3.63, 3.8) is 0 Å². The Morgan fingerprint density at radius 2 is 1.61 bits per heavy atom. The highest BCUT2D eigenvalue weighted by atomic mass is 35.5. The second-order valence-electron chi connectivity index (χ2n) is 6.79. The maximum absolute atomic E-state index is 12.6. The summed E-state index contributed by atoms with van der Waals surface area (Å²) in [6.07, 6.45) is 0.361. The van der Waals surface area contributed by atoms with E-state index >= 15 is 0 Å². The molecule has 0 unspecified atom stereocenters. The van der Waals surface area contributed by atoms with E-state index in [9.17, 15) is 13.2 Å². The first-order valence-corrected chi connectivity index (χ1v) is 11.2. The Bertz CT molecular complexity index is 881. The monoisotopic (exact) mass is 421 g/mol. The number of hydrogen-bond donors (Lipinski definition) is 1. The third kappa shape index (κ3) is 6.04. The third-order valence-electron chi connectivity index (χ3n) is 4.70. The molecule has 0 radical (unpaired) electrons. The predicted molar refractivity (Wildman–Crippen MR) is 112 cm³/mol. The number of anilines is 1. The van der Waals surface area contributed by atoms with Gasteiger partial charge in [0.2, 0.25) is 15.9 Å². The molecule has 150 valence electrons. The number of amides is 1. The average molecular weight is 422 g/mol. The predicted octanol–water partition coefficient (Wildman–Crippen LogP) is 2.82. The number of carbonyl (C=O) groups excluding carboxylic acids is 1. The minimum atomic E-state index is -3.32. The normalized spacial score (nSPS) is 16.0. The van der Waals surface area contributed by atoms with Gasteiger partial charge in [-0.25, -0.2) is 8.42 Å². The molecule has 2 aromatic rings. The Balaban J connectivity index is 1.42. The number of rotatable bonds is 7. The topological polar surface area (TPSA) is 69.7 Å². The van der Waals surface area contributed by atoms with E-state index in [0.717, 1.165) is 5.56 Å². The number of piperazine rings is 1. The highest BCUT2D eigenvalue weighted by Gasteiger charge is 2.27. The van der Waals surface area contributed by atoms with Crippen LogP contribution >= 0.6 is 11.6 Å². The number of sulfonamides is 1. The van der Waals surface area contributed by atoms with Crippen LogP contribution in [0.15, 0.2) is 54.6 Å². The zero-order valence-corrected chi connectivity index (χ0v) is 17.1. The van der Waals surface area contributed by atoms with Gasteiger partial charge in [-0.2, -0.15) is 4.31 Å². The number of nitrogens with one attached hydrogen (secondary N) is 1. The van der Waals surface area contributed by atoms with Gasteiger partial charge in [-0.15, -0.1) is 0 Å². The van der Waals surface area contributed by atoms with Gasteiger partial charge in [0.25, 0.3) is 0 Å². The lowest BCUT2D eigenvalue weighted by Crippen LogP contribution is -2.49. The van der Waals surface area contributed by atoms with Crippen LogP contribution in [0, 0.1) is 0 Å². The van der Waals surface area contributed by atoms with Gasteiger partial charge in [-0.3, -0.25) is 4.79 Å². The van der Waals surface area contributed by atoms with E-state index < -0.39 is 10.0 Å². The van der Waals surface area contributed by atoms with Crippen molar-refractivity contribution in [2.24, 2.45) is 0 Å². The van der Waals surface area contributed by atoms with Crippen LogP contribution in [0.4, 0.5) is 5.69 Å². The van der Waals surface area contributed by atoms with Crippen molar-refractivity contribution in [1.82, 2.24) is 9.21 Å². The third-order valence-corrected chi connectivity index (χ3v) is 6.80. The molecule has 3 rings (SSSR count). The fraction of sp³-hybridized carbons (Fsp3) is 0.350. The van der Waals surface area contributed by atoms with Crippen LogP contribution in [0.5, 0.6) is 0 Å². The molecule has 1 amide bonds. The first-order valence-electron chi connectivity index (χ1n) is 9.22. The standard InChI is InChI=1S/C20H24ClN3O3S/c21-18-6-8-19(9-7-18)22-20(25)10-11-23-12-14-24(15-13-23)28(26,27)16-17-4-2-1-3-5-17/h1-9H,10-16H2,(H,22,25). The summed E-state index contributed by atoms with van der Waals surface area (Å²) in [6, 6.07) is 16.2. The van der Waals surface area contributed by atoms with Crippen molar-refractivity contribution in [2.75, 3.05) is 38.0 Å². The Morgan fingerprint density at radius 3 is 2.25 bits per heavy atom. The average Bonchev–Trinajstić information content (AvgIpc) is 2.69. The molecular weight excluding hydrogens is 398 g/mol. The van der Waals surface area contributed by atoms with Crippen molar-refractivity contribution in [3.8, 4) is 0 Å².